The molecular formula is C8H2F5NO. The summed E-state index contributed by atoms with van der Waals surface area (Å²) >= 11 is 0. The molecule has 0 saturated heterocycles. The highest BCUT2D eigenvalue weighted by Crippen LogP contribution is 2.34. The first-order valence-corrected chi connectivity index (χ1v) is 3.51. The molecule has 0 aromatic heterocycles. The summed E-state index contributed by atoms with van der Waals surface area (Å²) in [6, 6.07) is 0.848. The second-order valence-electron chi connectivity index (χ2n) is 2.46. The van der Waals surface area contributed by atoms with E-state index in [0.717, 1.165) is 6.08 Å². The molecule has 0 spiro atoms. The third kappa shape index (κ3) is 2.19. The molecular weight excluding hydrogens is 221 g/mol. The Morgan fingerprint density at radius 1 is 1.13 bits per heavy atom. The Balaban J connectivity index is 3.40. The van der Waals surface area contributed by atoms with E-state index in [2.05, 4.69) is 4.99 Å². The van der Waals surface area contributed by atoms with Gasteiger partial charge in [-0.3, -0.25) is 0 Å². The highest BCUT2D eigenvalue weighted by molar-refractivity contribution is 5.50. The molecule has 7 heteroatoms. The monoisotopic (exact) mass is 223 g/mol. The SMILES string of the molecule is O=C=Nc1ccc(C(F)(F)F)c(F)c1F. The van der Waals surface area contributed by atoms with Crippen molar-refractivity contribution in [2.75, 3.05) is 0 Å². The van der Waals surface area contributed by atoms with Gasteiger partial charge in [0, 0.05) is 0 Å². The maximum atomic E-state index is 12.8. The number of halogens is 5. The normalized spacial score (nSPS) is 11.0. The van der Waals surface area contributed by atoms with Gasteiger partial charge in [0.15, 0.2) is 11.6 Å². The van der Waals surface area contributed by atoms with Crippen molar-refractivity contribution in [2.45, 2.75) is 6.18 Å². The van der Waals surface area contributed by atoms with Crippen LogP contribution < -0.4 is 0 Å². The molecule has 0 heterocycles. The molecule has 1 rings (SSSR count). The zero-order chi connectivity index (χ0) is 11.6. The van der Waals surface area contributed by atoms with Crippen LogP contribution in [0.25, 0.3) is 0 Å². The van der Waals surface area contributed by atoms with E-state index in [1.165, 1.54) is 0 Å². The third-order valence-electron chi connectivity index (χ3n) is 1.53. The number of hydrogen-bond donors (Lipinski definition) is 0. The molecule has 0 aliphatic carbocycles. The summed E-state index contributed by atoms with van der Waals surface area (Å²) < 4.78 is 61.7. The van der Waals surface area contributed by atoms with Crippen LogP contribution in [0.2, 0.25) is 0 Å². The summed E-state index contributed by atoms with van der Waals surface area (Å²) in [5.74, 6) is -3.91. The van der Waals surface area contributed by atoms with Crippen LogP contribution in [0, 0.1) is 11.6 Å². The Labute approximate surface area is 80.0 Å². The second kappa shape index (κ2) is 3.78. The van der Waals surface area contributed by atoms with E-state index in [0.29, 0.717) is 12.1 Å². The lowest BCUT2D eigenvalue weighted by Gasteiger charge is -2.08. The van der Waals surface area contributed by atoms with Gasteiger partial charge in [0.05, 0.1) is 5.56 Å². The number of alkyl halides is 3. The summed E-state index contributed by atoms with van der Waals surface area (Å²) in [5, 5.41) is 0. The van der Waals surface area contributed by atoms with E-state index < -0.39 is 29.1 Å². The molecule has 0 aliphatic rings. The second-order valence-corrected chi connectivity index (χ2v) is 2.46. The van der Waals surface area contributed by atoms with Crippen molar-refractivity contribution < 1.29 is 26.7 Å². The Kier molecular flexibility index (Phi) is 2.85. The number of rotatable bonds is 1. The summed E-state index contributed by atoms with van der Waals surface area (Å²) in [7, 11) is 0. The summed E-state index contributed by atoms with van der Waals surface area (Å²) in [5.41, 5.74) is -2.57. The van der Waals surface area contributed by atoms with Crippen LogP contribution in [0.15, 0.2) is 17.1 Å². The van der Waals surface area contributed by atoms with Gasteiger partial charge in [-0.1, -0.05) is 0 Å². The van der Waals surface area contributed by atoms with E-state index in [-0.39, 0.29) is 0 Å². The predicted octanol–water partition coefficient (Wildman–Crippen LogP) is 2.95. The minimum absolute atomic E-state index is 0.300. The fraction of sp³-hybridized carbons (Fsp3) is 0.125. The fourth-order valence-electron chi connectivity index (χ4n) is 0.894. The van der Waals surface area contributed by atoms with Crippen molar-refractivity contribution in [3.05, 3.63) is 29.3 Å². The van der Waals surface area contributed by atoms with Crippen LogP contribution in [-0.2, 0) is 11.0 Å². The van der Waals surface area contributed by atoms with Gasteiger partial charge >= 0.3 is 6.18 Å². The van der Waals surface area contributed by atoms with E-state index >= 15 is 0 Å². The van der Waals surface area contributed by atoms with Gasteiger partial charge in [-0.25, -0.2) is 13.6 Å². The third-order valence-corrected chi connectivity index (χ3v) is 1.53. The van der Waals surface area contributed by atoms with Gasteiger partial charge in [-0.2, -0.15) is 18.2 Å². The first-order chi connectivity index (χ1) is 6.88. The average Bonchev–Trinajstić information content (AvgIpc) is 2.11. The van der Waals surface area contributed by atoms with Gasteiger partial charge < -0.3 is 0 Å². The highest BCUT2D eigenvalue weighted by atomic mass is 19.4. The molecule has 0 aliphatic heterocycles. The summed E-state index contributed by atoms with van der Waals surface area (Å²) in [4.78, 5) is 12.4. The molecule has 0 unspecified atom stereocenters. The zero-order valence-electron chi connectivity index (χ0n) is 6.90. The lowest BCUT2D eigenvalue weighted by molar-refractivity contribution is -0.140. The maximum Gasteiger partial charge on any atom is 0.419 e. The van der Waals surface area contributed by atoms with Crippen LogP contribution in [-0.4, -0.2) is 6.08 Å². The van der Waals surface area contributed by atoms with Crippen LogP contribution in [0.3, 0.4) is 0 Å². The van der Waals surface area contributed by atoms with E-state index in [1.54, 1.807) is 0 Å². The molecule has 1 aromatic rings. The quantitative estimate of drug-likeness (QED) is 0.409. The first-order valence-electron chi connectivity index (χ1n) is 3.51. The van der Waals surface area contributed by atoms with E-state index in [1.807, 2.05) is 0 Å². The Morgan fingerprint density at radius 3 is 2.20 bits per heavy atom. The van der Waals surface area contributed by atoms with Crippen LogP contribution >= 0.6 is 0 Å². The largest absolute Gasteiger partial charge is 0.419 e. The number of aliphatic imine (C=N–C) groups is 1. The van der Waals surface area contributed by atoms with Crippen molar-refractivity contribution in [3.63, 3.8) is 0 Å². The van der Waals surface area contributed by atoms with Crippen LogP contribution in [0.1, 0.15) is 5.56 Å². The molecule has 0 fully saturated rings. The van der Waals surface area contributed by atoms with Gasteiger partial charge in [0.2, 0.25) is 6.08 Å². The van der Waals surface area contributed by atoms with E-state index in [4.69, 9.17) is 0 Å². The maximum absolute atomic E-state index is 12.8. The van der Waals surface area contributed by atoms with Crippen molar-refractivity contribution >= 4 is 11.8 Å². The number of nitrogens with zero attached hydrogens (tertiary/aromatic N) is 1. The lowest BCUT2D eigenvalue weighted by Crippen LogP contribution is -2.09. The van der Waals surface area contributed by atoms with Gasteiger partial charge in [0.25, 0.3) is 0 Å². The molecule has 0 saturated carbocycles. The minimum atomic E-state index is -4.99. The Hall–Kier alpha value is -1.75. The van der Waals surface area contributed by atoms with E-state index in [9.17, 15) is 26.7 Å². The smallest absolute Gasteiger partial charge is 0.211 e. The fourth-order valence-corrected chi connectivity index (χ4v) is 0.894. The topological polar surface area (TPSA) is 29.4 Å². The number of hydrogen-bond acceptors (Lipinski definition) is 2. The van der Waals surface area contributed by atoms with Crippen LogP contribution in [0.4, 0.5) is 27.6 Å². The van der Waals surface area contributed by atoms with Gasteiger partial charge in [0.1, 0.15) is 5.69 Å². The van der Waals surface area contributed by atoms with Crippen molar-refractivity contribution in [1.82, 2.24) is 0 Å². The zero-order valence-corrected chi connectivity index (χ0v) is 6.90. The van der Waals surface area contributed by atoms with Gasteiger partial charge in [-0.15, -0.1) is 0 Å². The molecule has 15 heavy (non-hydrogen) atoms. The van der Waals surface area contributed by atoms with Gasteiger partial charge in [-0.05, 0) is 12.1 Å². The average molecular weight is 223 g/mol. The molecule has 0 atom stereocenters. The minimum Gasteiger partial charge on any atom is -0.211 e. The molecule has 2 nitrogen and oxygen atoms in total. The molecule has 0 radical (unpaired) electrons. The molecule has 0 N–H and O–H groups in total. The van der Waals surface area contributed by atoms with Crippen molar-refractivity contribution in [3.8, 4) is 0 Å². The summed E-state index contributed by atoms with van der Waals surface area (Å²) in [6.07, 6.45) is -4.09. The number of carbonyl (C=O) groups excluding carboxylic acids is 1. The molecule has 1 aromatic carbocycles. The lowest BCUT2D eigenvalue weighted by atomic mass is 10.2. The molecule has 80 valence electrons. The number of isocyanates is 1. The Morgan fingerprint density at radius 2 is 1.73 bits per heavy atom. The molecule has 0 bridgehead atoms. The number of benzene rings is 1. The first kappa shape index (κ1) is 11.3. The van der Waals surface area contributed by atoms with Crippen molar-refractivity contribution in [1.29, 1.82) is 0 Å². The predicted molar refractivity (Wildman–Crippen MR) is 39.1 cm³/mol. The summed E-state index contributed by atoms with van der Waals surface area (Å²) in [6.45, 7) is 0. The van der Waals surface area contributed by atoms with Crippen molar-refractivity contribution in [2.24, 2.45) is 4.99 Å². The standard InChI is InChI=1S/C8H2F5NO/c9-6-4(8(11,12)13)1-2-5(7(6)10)14-3-15/h1-2H. The Bertz CT molecular complexity index is 433. The highest BCUT2D eigenvalue weighted by Gasteiger charge is 2.35. The molecule has 0 amide bonds. The van der Waals surface area contributed by atoms with Crippen LogP contribution in [0.5, 0.6) is 0 Å².